The third kappa shape index (κ3) is 1.02. The van der Waals surface area contributed by atoms with E-state index in [1.54, 1.807) is 25.7 Å². The summed E-state index contributed by atoms with van der Waals surface area (Å²) in [4.78, 5) is 0. The molecule has 0 atom stereocenters. The minimum atomic E-state index is 0.839. The molecule has 1 heterocycles. The van der Waals surface area contributed by atoms with Crippen molar-refractivity contribution in [2.24, 2.45) is 17.3 Å². The fourth-order valence-electron chi connectivity index (χ4n) is 3.36. The third-order valence-electron chi connectivity index (χ3n) is 4.32. The molecule has 0 amide bonds. The van der Waals surface area contributed by atoms with Crippen LogP contribution in [0.2, 0.25) is 0 Å². The monoisotopic (exact) mass is 165 g/mol. The predicted octanol–water partition coefficient (Wildman–Crippen LogP) is 2.18. The first kappa shape index (κ1) is 7.37. The van der Waals surface area contributed by atoms with Gasteiger partial charge < -0.3 is 5.32 Å². The number of nitrogens with one attached hydrogen (secondary N) is 1. The highest BCUT2D eigenvalue weighted by molar-refractivity contribution is 5.04. The lowest BCUT2D eigenvalue weighted by molar-refractivity contribution is 0.131. The Balaban J connectivity index is 1.79. The summed E-state index contributed by atoms with van der Waals surface area (Å²) >= 11 is 0. The third-order valence-corrected chi connectivity index (χ3v) is 4.32. The van der Waals surface area contributed by atoms with Crippen LogP contribution in [0, 0.1) is 17.3 Å². The molecule has 68 valence electrons. The molecule has 1 aliphatic heterocycles. The molecule has 0 aromatic heterocycles. The van der Waals surface area contributed by atoms with Gasteiger partial charge >= 0.3 is 0 Å². The largest absolute Gasteiger partial charge is 0.317 e. The first-order valence-electron chi connectivity index (χ1n) is 5.62. The van der Waals surface area contributed by atoms with E-state index in [9.17, 15) is 0 Å². The summed E-state index contributed by atoms with van der Waals surface area (Å²) in [5, 5.41) is 3.50. The molecule has 1 heteroatoms. The van der Waals surface area contributed by atoms with E-state index in [1.807, 2.05) is 0 Å². The van der Waals surface area contributed by atoms with Gasteiger partial charge in [0.1, 0.15) is 0 Å². The van der Waals surface area contributed by atoms with E-state index >= 15 is 0 Å². The standard InChI is InChI=1S/C11H19N/c1-2-9(1)11(10-3-4-10)5-7-12-8-6-11/h9-10,12H,1-8H2. The molecule has 1 saturated heterocycles. The highest BCUT2D eigenvalue weighted by Crippen LogP contribution is 2.61. The van der Waals surface area contributed by atoms with Crippen LogP contribution in [0.1, 0.15) is 38.5 Å². The van der Waals surface area contributed by atoms with Gasteiger partial charge in [0.15, 0.2) is 0 Å². The van der Waals surface area contributed by atoms with E-state index in [0.717, 1.165) is 17.3 Å². The van der Waals surface area contributed by atoms with Gasteiger partial charge in [-0.25, -0.2) is 0 Å². The van der Waals surface area contributed by atoms with Crippen LogP contribution in [-0.4, -0.2) is 13.1 Å². The van der Waals surface area contributed by atoms with Crippen LogP contribution in [0.5, 0.6) is 0 Å². The molecule has 3 aliphatic rings. The van der Waals surface area contributed by atoms with E-state index in [-0.39, 0.29) is 0 Å². The van der Waals surface area contributed by atoms with Gasteiger partial charge in [0.2, 0.25) is 0 Å². The van der Waals surface area contributed by atoms with Gasteiger partial charge in [-0.15, -0.1) is 0 Å². The van der Waals surface area contributed by atoms with Crippen molar-refractivity contribution in [2.45, 2.75) is 38.5 Å². The maximum Gasteiger partial charge on any atom is -0.00434 e. The second-order valence-electron chi connectivity index (χ2n) is 5.03. The fourth-order valence-corrected chi connectivity index (χ4v) is 3.36. The van der Waals surface area contributed by atoms with Crippen molar-refractivity contribution in [2.75, 3.05) is 13.1 Å². The van der Waals surface area contributed by atoms with E-state index < -0.39 is 0 Å². The molecule has 0 radical (unpaired) electrons. The number of rotatable bonds is 2. The molecule has 0 spiro atoms. The van der Waals surface area contributed by atoms with E-state index in [2.05, 4.69) is 5.32 Å². The molecular weight excluding hydrogens is 146 g/mol. The highest BCUT2D eigenvalue weighted by atomic mass is 14.9. The summed E-state index contributed by atoms with van der Waals surface area (Å²) in [6, 6.07) is 0. The summed E-state index contributed by atoms with van der Waals surface area (Å²) in [5.74, 6) is 2.29. The summed E-state index contributed by atoms with van der Waals surface area (Å²) in [5.41, 5.74) is 0.839. The first-order valence-corrected chi connectivity index (χ1v) is 5.62. The van der Waals surface area contributed by atoms with E-state index in [1.165, 1.54) is 25.9 Å². The van der Waals surface area contributed by atoms with Crippen molar-refractivity contribution in [3.8, 4) is 0 Å². The molecule has 0 unspecified atom stereocenters. The Bertz CT molecular complexity index is 159. The predicted molar refractivity (Wildman–Crippen MR) is 50.0 cm³/mol. The number of hydrogen-bond acceptors (Lipinski definition) is 1. The smallest absolute Gasteiger partial charge is 0.00434 e. The molecule has 12 heavy (non-hydrogen) atoms. The zero-order valence-corrected chi connectivity index (χ0v) is 7.81. The van der Waals surface area contributed by atoms with Gasteiger partial charge in [-0.05, 0) is 68.9 Å². The summed E-state index contributed by atoms with van der Waals surface area (Å²) in [7, 11) is 0. The zero-order valence-electron chi connectivity index (χ0n) is 7.81. The van der Waals surface area contributed by atoms with Gasteiger partial charge in [-0.1, -0.05) is 0 Å². The van der Waals surface area contributed by atoms with Crippen LogP contribution in [0.15, 0.2) is 0 Å². The summed E-state index contributed by atoms with van der Waals surface area (Å²) in [6.07, 6.45) is 9.19. The molecular formula is C11H19N. The van der Waals surface area contributed by atoms with E-state index in [4.69, 9.17) is 0 Å². The topological polar surface area (TPSA) is 12.0 Å². The highest BCUT2D eigenvalue weighted by Gasteiger charge is 2.53. The van der Waals surface area contributed by atoms with Gasteiger partial charge in [-0.2, -0.15) is 0 Å². The Morgan fingerprint density at radius 2 is 1.33 bits per heavy atom. The van der Waals surface area contributed by atoms with Gasteiger partial charge in [-0.3, -0.25) is 0 Å². The quantitative estimate of drug-likeness (QED) is 0.661. The van der Waals surface area contributed by atoms with Crippen molar-refractivity contribution < 1.29 is 0 Å². The molecule has 1 N–H and O–H groups in total. The minimum absolute atomic E-state index is 0.839. The molecule has 0 bridgehead atoms. The summed E-state index contributed by atoms with van der Waals surface area (Å²) in [6.45, 7) is 2.60. The van der Waals surface area contributed by atoms with Crippen LogP contribution in [0.3, 0.4) is 0 Å². The second-order valence-corrected chi connectivity index (χ2v) is 5.03. The molecule has 1 nitrogen and oxygen atoms in total. The van der Waals surface area contributed by atoms with Crippen molar-refractivity contribution in [1.82, 2.24) is 5.32 Å². The maximum absolute atomic E-state index is 3.50. The Labute approximate surface area is 74.9 Å². The normalized spacial score (nSPS) is 35.0. The fraction of sp³-hybridized carbons (Fsp3) is 1.00. The lowest BCUT2D eigenvalue weighted by atomic mass is 9.70. The van der Waals surface area contributed by atoms with E-state index in [0.29, 0.717) is 0 Å². The average molecular weight is 165 g/mol. The molecule has 3 fully saturated rings. The van der Waals surface area contributed by atoms with Gasteiger partial charge in [0.05, 0.1) is 0 Å². The molecule has 0 aromatic carbocycles. The van der Waals surface area contributed by atoms with Gasteiger partial charge in [0, 0.05) is 0 Å². The van der Waals surface area contributed by atoms with Gasteiger partial charge in [0.25, 0.3) is 0 Å². The van der Waals surface area contributed by atoms with Crippen molar-refractivity contribution in [1.29, 1.82) is 0 Å². The Kier molecular flexibility index (Phi) is 1.52. The van der Waals surface area contributed by atoms with Crippen molar-refractivity contribution in [3.05, 3.63) is 0 Å². The zero-order chi connectivity index (χ0) is 8.02. The maximum atomic E-state index is 3.50. The molecule has 0 aromatic rings. The van der Waals surface area contributed by atoms with Crippen molar-refractivity contribution >= 4 is 0 Å². The van der Waals surface area contributed by atoms with Crippen LogP contribution >= 0.6 is 0 Å². The Morgan fingerprint density at radius 3 is 1.75 bits per heavy atom. The SMILES string of the molecule is C1CC(C2CC2)(C2CC2)CCN1. The minimum Gasteiger partial charge on any atom is -0.317 e. The first-order chi connectivity index (χ1) is 5.92. The van der Waals surface area contributed by atoms with Crippen LogP contribution in [0.25, 0.3) is 0 Å². The van der Waals surface area contributed by atoms with Crippen LogP contribution in [-0.2, 0) is 0 Å². The summed E-state index contributed by atoms with van der Waals surface area (Å²) < 4.78 is 0. The lowest BCUT2D eigenvalue weighted by Crippen LogP contribution is -2.39. The second kappa shape index (κ2) is 2.47. The Morgan fingerprint density at radius 1 is 0.833 bits per heavy atom. The van der Waals surface area contributed by atoms with Crippen molar-refractivity contribution in [3.63, 3.8) is 0 Å². The average Bonchev–Trinajstić information content (AvgIpc) is 2.98. The van der Waals surface area contributed by atoms with Crippen LogP contribution < -0.4 is 5.32 Å². The number of piperidine rings is 1. The van der Waals surface area contributed by atoms with Crippen LogP contribution in [0.4, 0.5) is 0 Å². The Hall–Kier alpha value is -0.0400. The lowest BCUT2D eigenvalue weighted by Gasteiger charge is -2.38. The molecule has 3 rings (SSSR count). The molecule has 2 saturated carbocycles. The number of hydrogen-bond donors (Lipinski definition) is 1. The molecule has 2 aliphatic carbocycles.